The van der Waals surface area contributed by atoms with Crippen LogP contribution in [0.25, 0.3) is 6.08 Å². The Hall–Kier alpha value is -4.59. The minimum atomic E-state index is -0.887. The van der Waals surface area contributed by atoms with E-state index in [0.29, 0.717) is 45.3 Å². The summed E-state index contributed by atoms with van der Waals surface area (Å²) in [5.41, 5.74) is 3.21. The highest BCUT2D eigenvalue weighted by molar-refractivity contribution is 14.1. The van der Waals surface area contributed by atoms with E-state index in [1.54, 1.807) is 31.2 Å². The van der Waals surface area contributed by atoms with Crippen LogP contribution in [0, 0.1) is 17.4 Å². The van der Waals surface area contributed by atoms with Gasteiger partial charge < -0.3 is 24.3 Å². The number of imide groups is 2. The second kappa shape index (κ2) is 14.9. The third-order valence-corrected chi connectivity index (χ3v) is 7.55. The number of barbiturate groups is 1. The molecule has 1 aliphatic heterocycles. The van der Waals surface area contributed by atoms with Crippen LogP contribution in [0.1, 0.15) is 37.0 Å². The number of nitrogens with one attached hydrogen (secondary N) is 2. The van der Waals surface area contributed by atoms with E-state index in [2.05, 4.69) is 10.6 Å². The van der Waals surface area contributed by atoms with Crippen LogP contribution < -0.4 is 34.5 Å². The summed E-state index contributed by atoms with van der Waals surface area (Å²) in [7, 11) is 1.44. The molecule has 3 aromatic carbocycles. The molecule has 0 radical (unpaired) electrons. The fourth-order valence-electron chi connectivity index (χ4n) is 4.41. The second-order valence-corrected chi connectivity index (χ2v) is 11.2. The van der Waals surface area contributed by atoms with Gasteiger partial charge in [-0.2, -0.15) is 0 Å². The standard InChI is InChI=1S/C33H34IN3O8/c1-6-12-44-26-11-10-23(17-27(26)43-7-2)37-32(40)24(31(39)36-33(37)41)14-21-15-25(34)30(28(16-21)42-5)45-18-29(38)35-22-9-8-19(3)20(4)13-22/h8-11,13-17H,6-7,12,18H2,1-5H3,(H,35,38)(H,36,39,41)/b24-14+. The highest BCUT2D eigenvalue weighted by Gasteiger charge is 2.37. The molecule has 3 aromatic rings. The molecular weight excluding hydrogens is 693 g/mol. The van der Waals surface area contributed by atoms with Crippen LogP contribution >= 0.6 is 22.6 Å². The molecule has 0 unspecified atom stereocenters. The van der Waals surface area contributed by atoms with E-state index in [1.165, 1.54) is 19.3 Å². The van der Waals surface area contributed by atoms with Crippen molar-refractivity contribution in [2.24, 2.45) is 0 Å². The second-order valence-electron chi connectivity index (χ2n) is 10.0. The monoisotopic (exact) mass is 727 g/mol. The maximum absolute atomic E-state index is 13.6. The number of ether oxygens (including phenoxy) is 4. The maximum Gasteiger partial charge on any atom is 0.335 e. The average Bonchev–Trinajstić information content (AvgIpc) is 3.00. The van der Waals surface area contributed by atoms with Crippen LogP contribution in [-0.2, 0) is 14.4 Å². The number of methoxy groups -OCH3 is 1. The summed E-state index contributed by atoms with van der Waals surface area (Å²) >= 11 is 2.02. The van der Waals surface area contributed by atoms with Crippen molar-refractivity contribution in [1.29, 1.82) is 0 Å². The molecule has 236 valence electrons. The quantitative estimate of drug-likeness (QED) is 0.136. The number of carbonyl (C=O) groups excluding carboxylic acids is 4. The van der Waals surface area contributed by atoms with Gasteiger partial charge >= 0.3 is 6.03 Å². The number of rotatable bonds is 12. The van der Waals surface area contributed by atoms with Gasteiger partial charge in [-0.1, -0.05) is 13.0 Å². The van der Waals surface area contributed by atoms with Crippen molar-refractivity contribution in [1.82, 2.24) is 5.32 Å². The molecule has 1 saturated heterocycles. The van der Waals surface area contributed by atoms with E-state index in [-0.39, 0.29) is 29.5 Å². The summed E-state index contributed by atoms with van der Waals surface area (Å²) in [5, 5.41) is 5.04. The Labute approximate surface area is 275 Å². The van der Waals surface area contributed by atoms with E-state index in [4.69, 9.17) is 18.9 Å². The Morgan fingerprint density at radius 3 is 2.40 bits per heavy atom. The first-order valence-corrected chi connectivity index (χ1v) is 15.3. The molecular formula is C33H34IN3O8. The van der Waals surface area contributed by atoms with Gasteiger partial charge in [0.1, 0.15) is 5.57 Å². The Morgan fingerprint density at radius 2 is 1.71 bits per heavy atom. The van der Waals surface area contributed by atoms with Crippen molar-refractivity contribution >= 4 is 63.8 Å². The van der Waals surface area contributed by atoms with E-state index < -0.39 is 17.8 Å². The minimum absolute atomic E-state index is 0.207. The average molecular weight is 728 g/mol. The molecule has 1 heterocycles. The summed E-state index contributed by atoms with van der Waals surface area (Å²) in [6.45, 7) is 8.27. The number of carbonyl (C=O) groups is 4. The zero-order valence-corrected chi connectivity index (χ0v) is 27.8. The first-order chi connectivity index (χ1) is 21.6. The molecule has 0 spiro atoms. The van der Waals surface area contributed by atoms with E-state index in [9.17, 15) is 19.2 Å². The molecule has 1 fully saturated rings. The molecule has 0 atom stereocenters. The zero-order valence-electron chi connectivity index (χ0n) is 25.6. The van der Waals surface area contributed by atoms with E-state index in [0.717, 1.165) is 22.4 Å². The third kappa shape index (κ3) is 7.93. The van der Waals surface area contributed by atoms with Gasteiger partial charge in [0.15, 0.2) is 29.6 Å². The molecule has 0 saturated carbocycles. The molecule has 4 rings (SSSR count). The fraction of sp³-hybridized carbons (Fsp3) is 0.273. The van der Waals surface area contributed by atoms with Crippen molar-refractivity contribution in [2.45, 2.75) is 34.1 Å². The number of halogens is 1. The van der Waals surface area contributed by atoms with Gasteiger partial charge in [0.25, 0.3) is 17.7 Å². The number of hydrogen-bond donors (Lipinski definition) is 2. The van der Waals surface area contributed by atoms with Gasteiger partial charge in [0.2, 0.25) is 0 Å². The van der Waals surface area contributed by atoms with Crippen molar-refractivity contribution < 1.29 is 38.1 Å². The normalized spacial score (nSPS) is 13.9. The van der Waals surface area contributed by atoms with Crippen LogP contribution in [0.15, 0.2) is 54.1 Å². The number of aryl methyl sites for hydroxylation is 2. The van der Waals surface area contributed by atoms with Gasteiger partial charge in [-0.25, -0.2) is 9.69 Å². The summed E-state index contributed by atoms with van der Waals surface area (Å²) in [6.07, 6.45) is 2.15. The van der Waals surface area contributed by atoms with Crippen LogP contribution in [0.3, 0.4) is 0 Å². The first-order valence-electron chi connectivity index (χ1n) is 14.2. The summed E-state index contributed by atoms with van der Waals surface area (Å²) < 4.78 is 23.3. The van der Waals surface area contributed by atoms with E-state index >= 15 is 0 Å². The lowest BCUT2D eigenvalue weighted by Gasteiger charge is -2.27. The van der Waals surface area contributed by atoms with Crippen LogP contribution in [-0.4, -0.2) is 50.7 Å². The molecule has 0 aromatic heterocycles. The number of amides is 5. The Morgan fingerprint density at radius 1 is 0.933 bits per heavy atom. The topological polar surface area (TPSA) is 132 Å². The van der Waals surface area contributed by atoms with Crippen LogP contribution in [0.5, 0.6) is 23.0 Å². The molecule has 5 amide bonds. The summed E-state index contributed by atoms with van der Waals surface area (Å²) in [5.74, 6) is -0.560. The molecule has 12 heteroatoms. The molecule has 1 aliphatic rings. The molecule has 45 heavy (non-hydrogen) atoms. The fourth-order valence-corrected chi connectivity index (χ4v) is 5.19. The van der Waals surface area contributed by atoms with Crippen molar-refractivity contribution in [3.8, 4) is 23.0 Å². The largest absolute Gasteiger partial charge is 0.493 e. The molecule has 0 aliphatic carbocycles. The van der Waals surface area contributed by atoms with Crippen molar-refractivity contribution in [2.75, 3.05) is 37.1 Å². The number of hydrogen-bond acceptors (Lipinski definition) is 8. The number of urea groups is 1. The Balaban J connectivity index is 1.56. The van der Waals surface area contributed by atoms with Gasteiger partial charge in [-0.3, -0.25) is 19.7 Å². The highest BCUT2D eigenvalue weighted by atomic mass is 127. The first kappa shape index (κ1) is 33.3. The van der Waals surface area contributed by atoms with Gasteiger partial charge in [0, 0.05) is 11.8 Å². The molecule has 0 bridgehead atoms. The van der Waals surface area contributed by atoms with Crippen molar-refractivity contribution in [3.63, 3.8) is 0 Å². The summed E-state index contributed by atoms with van der Waals surface area (Å²) in [4.78, 5) is 52.6. The predicted octanol–water partition coefficient (Wildman–Crippen LogP) is 5.79. The maximum atomic E-state index is 13.6. The lowest BCUT2D eigenvalue weighted by atomic mass is 10.1. The van der Waals surface area contributed by atoms with Crippen LogP contribution in [0.2, 0.25) is 0 Å². The predicted molar refractivity (Wildman–Crippen MR) is 178 cm³/mol. The molecule has 11 nitrogen and oxygen atoms in total. The van der Waals surface area contributed by atoms with Crippen LogP contribution in [0.4, 0.5) is 16.2 Å². The van der Waals surface area contributed by atoms with E-state index in [1.807, 2.05) is 61.6 Å². The zero-order chi connectivity index (χ0) is 32.7. The third-order valence-electron chi connectivity index (χ3n) is 6.75. The molecule has 2 N–H and O–H groups in total. The number of nitrogens with zero attached hydrogens (tertiary/aromatic N) is 1. The Kier molecular flexibility index (Phi) is 11.0. The van der Waals surface area contributed by atoms with Gasteiger partial charge in [0.05, 0.1) is 29.6 Å². The van der Waals surface area contributed by atoms with Gasteiger partial charge in [-0.15, -0.1) is 0 Å². The smallest absolute Gasteiger partial charge is 0.335 e. The highest BCUT2D eigenvalue weighted by Crippen LogP contribution is 2.36. The SMILES string of the molecule is CCCOc1ccc(N2C(=O)NC(=O)/C(=C\c3cc(I)c(OCC(=O)Nc4ccc(C)c(C)c4)c(OC)c3)C2=O)cc1OCC. The lowest BCUT2D eigenvalue weighted by Crippen LogP contribution is -2.54. The minimum Gasteiger partial charge on any atom is -0.493 e. The Bertz CT molecular complexity index is 1670. The van der Waals surface area contributed by atoms with Gasteiger partial charge in [-0.05, 0) is 109 Å². The summed E-state index contributed by atoms with van der Waals surface area (Å²) in [6, 6.07) is 12.7. The lowest BCUT2D eigenvalue weighted by molar-refractivity contribution is -0.122. The van der Waals surface area contributed by atoms with Crippen molar-refractivity contribution in [3.05, 3.63) is 74.4 Å². The number of benzene rings is 3. The number of anilines is 2.